The molecule has 3 aliphatic heterocycles. The van der Waals surface area contributed by atoms with Crippen LogP contribution < -0.4 is 15.1 Å². The number of rotatable bonds is 4. The fourth-order valence-corrected chi connectivity index (χ4v) is 5.32. The maximum atomic E-state index is 13.4. The molecule has 0 aliphatic carbocycles. The van der Waals surface area contributed by atoms with Crippen LogP contribution in [0.1, 0.15) is 24.0 Å². The van der Waals surface area contributed by atoms with E-state index in [9.17, 15) is 18.0 Å². The molecule has 5 rings (SSSR count). The summed E-state index contributed by atoms with van der Waals surface area (Å²) in [5.41, 5.74) is 1.82. The first-order chi connectivity index (χ1) is 15.9. The normalized spacial score (nSPS) is 24.9. The molecule has 3 aliphatic rings. The molecule has 33 heavy (non-hydrogen) atoms. The van der Waals surface area contributed by atoms with Gasteiger partial charge in [0.2, 0.25) is 5.91 Å². The van der Waals surface area contributed by atoms with Crippen molar-refractivity contribution in [2.75, 3.05) is 42.6 Å². The van der Waals surface area contributed by atoms with Crippen molar-refractivity contribution in [1.29, 1.82) is 0 Å². The molecular formula is C25H28F3N3O2. The summed E-state index contributed by atoms with van der Waals surface area (Å²) in [4.78, 5) is 17.7. The zero-order valence-corrected chi connectivity index (χ0v) is 18.4. The van der Waals surface area contributed by atoms with Crippen molar-refractivity contribution >= 4 is 17.3 Å². The molecule has 2 aromatic rings. The number of halogens is 3. The van der Waals surface area contributed by atoms with E-state index in [1.54, 1.807) is 6.07 Å². The molecule has 3 atom stereocenters. The lowest BCUT2D eigenvalue weighted by Gasteiger charge is -2.49. The van der Waals surface area contributed by atoms with Crippen LogP contribution in [0.2, 0.25) is 0 Å². The topological polar surface area (TPSA) is 44.8 Å². The maximum Gasteiger partial charge on any atom is 0.416 e. The molecule has 0 unspecified atom stereocenters. The zero-order valence-electron chi connectivity index (χ0n) is 18.4. The van der Waals surface area contributed by atoms with Gasteiger partial charge in [0.15, 0.2) is 0 Å². The van der Waals surface area contributed by atoms with E-state index in [0.717, 1.165) is 36.8 Å². The number of carbonyl (C=O) groups excluding carboxylic acids is 1. The summed E-state index contributed by atoms with van der Waals surface area (Å²) in [6.07, 6.45) is -2.19. The van der Waals surface area contributed by atoms with Gasteiger partial charge in [-0.25, -0.2) is 0 Å². The number of alkyl halides is 3. The molecule has 8 heteroatoms. The van der Waals surface area contributed by atoms with E-state index in [0.29, 0.717) is 38.2 Å². The Labute approximate surface area is 191 Å². The van der Waals surface area contributed by atoms with Crippen molar-refractivity contribution in [2.24, 2.45) is 5.92 Å². The second kappa shape index (κ2) is 8.89. The van der Waals surface area contributed by atoms with Crippen LogP contribution in [-0.2, 0) is 22.1 Å². The summed E-state index contributed by atoms with van der Waals surface area (Å²) < 4.78 is 45.7. The molecule has 2 aromatic carbocycles. The molecule has 2 saturated heterocycles. The Morgan fingerprint density at radius 3 is 2.67 bits per heavy atom. The molecule has 0 saturated carbocycles. The first kappa shape index (κ1) is 22.1. The van der Waals surface area contributed by atoms with Gasteiger partial charge in [-0.3, -0.25) is 4.79 Å². The van der Waals surface area contributed by atoms with E-state index >= 15 is 0 Å². The van der Waals surface area contributed by atoms with Crippen molar-refractivity contribution in [1.82, 2.24) is 5.32 Å². The predicted octanol–water partition coefficient (Wildman–Crippen LogP) is 3.87. The summed E-state index contributed by atoms with van der Waals surface area (Å²) in [5, 5.41) is 3.03. The number of benzene rings is 2. The molecule has 3 heterocycles. The van der Waals surface area contributed by atoms with Crippen LogP contribution in [-0.4, -0.2) is 50.8 Å². The Balaban J connectivity index is 1.42. The minimum absolute atomic E-state index is 0.0185. The summed E-state index contributed by atoms with van der Waals surface area (Å²) in [6, 6.07) is 13.9. The molecular weight excluding hydrogens is 431 g/mol. The van der Waals surface area contributed by atoms with Crippen LogP contribution in [0.5, 0.6) is 0 Å². The standard InChI is InChI=1S/C25H28F3N3O2/c26-25(27,28)18-8-9-22-17(13-18)14-21(24(32)29-15-20-7-4-12-33-20)23-16-30(10-11-31(22)23)19-5-2-1-3-6-19/h1-3,5-6,8-9,13,20-21,23H,4,7,10-12,14-16H2,(H,29,32)/t20-,21+,23+/m0/s1. The van der Waals surface area contributed by atoms with Crippen LogP contribution in [0.25, 0.3) is 0 Å². The third-order valence-electron chi connectivity index (χ3n) is 7.03. The molecule has 0 radical (unpaired) electrons. The highest BCUT2D eigenvalue weighted by molar-refractivity contribution is 5.82. The van der Waals surface area contributed by atoms with Crippen molar-refractivity contribution < 1.29 is 22.7 Å². The number of ether oxygens (including phenoxy) is 1. The molecule has 0 bridgehead atoms. The molecule has 5 nitrogen and oxygen atoms in total. The number of fused-ring (bicyclic) bond motifs is 3. The van der Waals surface area contributed by atoms with Gasteiger partial charge in [0, 0.05) is 44.2 Å². The minimum atomic E-state index is -4.41. The SMILES string of the molecule is O=C(NC[C@@H]1CCCO1)[C@@H]1Cc2cc(C(F)(F)F)ccc2N2CCN(c3ccccc3)C[C@H]12. The predicted molar refractivity (Wildman–Crippen MR) is 120 cm³/mol. The van der Waals surface area contributed by atoms with Crippen LogP contribution in [0, 0.1) is 5.92 Å². The van der Waals surface area contributed by atoms with E-state index in [1.807, 2.05) is 18.2 Å². The largest absolute Gasteiger partial charge is 0.416 e. The van der Waals surface area contributed by atoms with Crippen LogP contribution in [0.3, 0.4) is 0 Å². The number of nitrogens with zero attached hydrogens (tertiary/aromatic N) is 2. The Hall–Kier alpha value is -2.74. The van der Waals surface area contributed by atoms with Gasteiger partial charge in [0.1, 0.15) is 0 Å². The van der Waals surface area contributed by atoms with Gasteiger partial charge in [-0.1, -0.05) is 18.2 Å². The Bertz CT molecular complexity index is 992. The molecule has 176 valence electrons. The third-order valence-corrected chi connectivity index (χ3v) is 7.03. The van der Waals surface area contributed by atoms with Crippen molar-refractivity contribution in [3.63, 3.8) is 0 Å². The Kier molecular flexibility index (Phi) is 5.95. The lowest BCUT2D eigenvalue weighted by Crippen LogP contribution is -2.61. The summed E-state index contributed by atoms with van der Waals surface area (Å²) in [5.74, 6) is -0.549. The van der Waals surface area contributed by atoms with Crippen molar-refractivity contribution in [3.8, 4) is 0 Å². The first-order valence-electron chi connectivity index (χ1n) is 11.6. The number of para-hydroxylation sites is 1. The second-order valence-electron chi connectivity index (χ2n) is 9.07. The van der Waals surface area contributed by atoms with Gasteiger partial charge in [-0.2, -0.15) is 13.2 Å². The molecule has 0 spiro atoms. The van der Waals surface area contributed by atoms with Gasteiger partial charge in [-0.15, -0.1) is 0 Å². The van der Waals surface area contributed by atoms with Crippen LogP contribution in [0.15, 0.2) is 48.5 Å². The second-order valence-corrected chi connectivity index (χ2v) is 9.07. The van der Waals surface area contributed by atoms with Gasteiger partial charge >= 0.3 is 6.18 Å². The number of anilines is 2. The molecule has 1 amide bonds. The van der Waals surface area contributed by atoms with Gasteiger partial charge in [0.25, 0.3) is 0 Å². The average Bonchev–Trinajstić information content (AvgIpc) is 3.35. The third kappa shape index (κ3) is 4.53. The number of hydrogen-bond acceptors (Lipinski definition) is 4. The van der Waals surface area contributed by atoms with Gasteiger partial charge in [-0.05, 0) is 55.2 Å². The maximum absolute atomic E-state index is 13.4. The zero-order chi connectivity index (χ0) is 23.0. The number of carbonyl (C=O) groups is 1. The summed E-state index contributed by atoms with van der Waals surface area (Å²) in [6.45, 7) is 3.18. The number of hydrogen-bond donors (Lipinski definition) is 1. The van der Waals surface area contributed by atoms with Crippen LogP contribution in [0.4, 0.5) is 24.5 Å². The smallest absolute Gasteiger partial charge is 0.376 e. The lowest BCUT2D eigenvalue weighted by atomic mass is 9.82. The average molecular weight is 460 g/mol. The Morgan fingerprint density at radius 2 is 1.94 bits per heavy atom. The number of piperazine rings is 1. The minimum Gasteiger partial charge on any atom is -0.376 e. The quantitative estimate of drug-likeness (QED) is 0.754. The van der Waals surface area contributed by atoms with E-state index in [1.165, 1.54) is 6.07 Å². The number of amides is 1. The highest BCUT2D eigenvalue weighted by atomic mass is 19.4. The summed E-state index contributed by atoms with van der Waals surface area (Å²) >= 11 is 0. The van der Waals surface area contributed by atoms with Crippen LogP contribution >= 0.6 is 0 Å². The monoisotopic (exact) mass is 459 g/mol. The van der Waals surface area contributed by atoms with Gasteiger partial charge < -0.3 is 19.9 Å². The highest BCUT2D eigenvalue weighted by Gasteiger charge is 2.43. The summed E-state index contributed by atoms with van der Waals surface area (Å²) in [7, 11) is 0. The van der Waals surface area contributed by atoms with E-state index in [4.69, 9.17) is 4.74 Å². The van der Waals surface area contributed by atoms with Gasteiger partial charge in [0.05, 0.1) is 23.6 Å². The van der Waals surface area contributed by atoms with E-state index < -0.39 is 17.7 Å². The lowest BCUT2D eigenvalue weighted by molar-refractivity contribution is -0.137. The first-order valence-corrected chi connectivity index (χ1v) is 11.6. The fraction of sp³-hybridized carbons (Fsp3) is 0.480. The van der Waals surface area contributed by atoms with Crippen molar-refractivity contribution in [3.05, 3.63) is 59.7 Å². The number of nitrogens with one attached hydrogen (secondary N) is 1. The van der Waals surface area contributed by atoms with E-state index in [-0.39, 0.29) is 18.1 Å². The molecule has 2 fully saturated rings. The molecule has 0 aromatic heterocycles. The van der Waals surface area contributed by atoms with E-state index in [2.05, 4.69) is 27.2 Å². The Morgan fingerprint density at radius 1 is 1.12 bits per heavy atom. The molecule has 1 N–H and O–H groups in total. The highest BCUT2D eigenvalue weighted by Crippen LogP contribution is 2.40. The van der Waals surface area contributed by atoms with Crippen molar-refractivity contribution in [2.45, 2.75) is 37.6 Å². The fourth-order valence-electron chi connectivity index (χ4n) is 5.32.